The van der Waals surface area contributed by atoms with E-state index < -0.39 is 35.6 Å². The summed E-state index contributed by atoms with van der Waals surface area (Å²) in [7, 11) is 0. The molecule has 0 radical (unpaired) electrons. The number of anilines is 4. The fourth-order valence-corrected chi connectivity index (χ4v) is 7.44. The molecule has 4 heterocycles. The van der Waals surface area contributed by atoms with Crippen LogP contribution in [0.15, 0.2) is 72.9 Å². The van der Waals surface area contributed by atoms with Gasteiger partial charge in [-0.15, -0.1) is 0 Å². The number of primary amides is 1. The molecule has 2 saturated heterocycles. The number of fused-ring (bicyclic) bond motifs is 2. The van der Waals surface area contributed by atoms with Crippen molar-refractivity contribution in [3.63, 3.8) is 0 Å². The van der Waals surface area contributed by atoms with Crippen LogP contribution < -0.4 is 31.9 Å². The first-order valence-corrected chi connectivity index (χ1v) is 19.0. The van der Waals surface area contributed by atoms with Crippen molar-refractivity contribution in [3.8, 4) is 0 Å². The van der Waals surface area contributed by atoms with Gasteiger partial charge in [-0.2, -0.15) is 0 Å². The molecule has 6 N–H and O–H groups in total. The number of hydrogen-bond donors (Lipinski definition) is 5. The van der Waals surface area contributed by atoms with Gasteiger partial charge in [0.05, 0.1) is 34.4 Å². The minimum absolute atomic E-state index is 0.0221. The molecule has 294 valence electrons. The van der Waals surface area contributed by atoms with Crippen LogP contribution in [0, 0.1) is 0 Å². The fraction of sp³-hybridized carbons (Fsp3) is 0.317. The molecule has 3 aliphatic rings. The number of imide groups is 2. The van der Waals surface area contributed by atoms with E-state index in [2.05, 4.69) is 31.2 Å². The summed E-state index contributed by atoms with van der Waals surface area (Å²) in [6, 6.07) is 19.0. The fourth-order valence-electron chi connectivity index (χ4n) is 7.44. The first-order chi connectivity index (χ1) is 27.6. The summed E-state index contributed by atoms with van der Waals surface area (Å²) >= 11 is 0. The number of carbonyl (C=O) groups is 7. The zero-order valence-corrected chi connectivity index (χ0v) is 31.2. The Morgan fingerprint density at radius 1 is 0.877 bits per heavy atom. The molecule has 0 aliphatic carbocycles. The number of benzene rings is 3. The van der Waals surface area contributed by atoms with Gasteiger partial charge in [0.2, 0.25) is 23.6 Å². The molecular formula is C41H43N9O7. The molecule has 0 bridgehead atoms. The lowest BCUT2D eigenvalue weighted by Crippen LogP contribution is -2.54. The van der Waals surface area contributed by atoms with Crippen molar-refractivity contribution in [2.24, 2.45) is 5.73 Å². The van der Waals surface area contributed by atoms with Gasteiger partial charge < -0.3 is 31.5 Å². The van der Waals surface area contributed by atoms with Gasteiger partial charge in [-0.25, -0.2) is 0 Å². The van der Waals surface area contributed by atoms with Crippen molar-refractivity contribution >= 4 is 75.0 Å². The lowest BCUT2D eigenvalue weighted by atomic mass is 10.0. The Bertz CT molecular complexity index is 2260. The number of nitrogens with zero attached hydrogens (tertiary/aromatic N) is 4. The predicted molar refractivity (Wildman–Crippen MR) is 212 cm³/mol. The summed E-state index contributed by atoms with van der Waals surface area (Å²) in [4.78, 5) is 97.7. The monoisotopic (exact) mass is 773 g/mol. The van der Waals surface area contributed by atoms with Crippen molar-refractivity contribution in [2.45, 2.75) is 44.6 Å². The Morgan fingerprint density at radius 2 is 1.67 bits per heavy atom. The highest BCUT2D eigenvalue weighted by atomic mass is 16.2. The predicted octanol–water partition coefficient (Wildman–Crippen LogP) is 2.92. The second-order valence-electron chi connectivity index (χ2n) is 14.2. The third-order valence-corrected chi connectivity index (χ3v) is 10.5. The molecule has 7 amide bonds. The average molecular weight is 774 g/mol. The quantitative estimate of drug-likeness (QED) is 0.0928. The third-order valence-electron chi connectivity index (χ3n) is 10.5. The van der Waals surface area contributed by atoms with E-state index in [4.69, 9.17) is 5.73 Å². The Morgan fingerprint density at radius 3 is 2.42 bits per heavy atom. The maximum atomic E-state index is 13.3. The van der Waals surface area contributed by atoms with Gasteiger partial charge in [0.25, 0.3) is 17.7 Å². The smallest absolute Gasteiger partial charge is 0.264 e. The average Bonchev–Trinajstić information content (AvgIpc) is 3.47. The zero-order chi connectivity index (χ0) is 40.1. The molecule has 1 atom stereocenters. The first-order valence-electron chi connectivity index (χ1n) is 19.0. The Kier molecular flexibility index (Phi) is 11.4. The van der Waals surface area contributed by atoms with E-state index in [1.807, 2.05) is 53.4 Å². The Labute approximate surface area is 328 Å². The van der Waals surface area contributed by atoms with Crippen molar-refractivity contribution in [2.75, 3.05) is 54.8 Å². The van der Waals surface area contributed by atoms with Crippen LogP contribution in [-0.2, 0) is 19.2 Å². The van der Waals surface area contributed by atoms with Gasteiger partial charge in [-0.1, -0.05) is 30.7 Å². The molecule has 1 aromatic heterocycles. The van der Waals surface area contributed by atoms with Gasteiger partial charge >= 0.3 is 0 Å². The zero-order valence-electron chi connectivity index (χ0n) is 31.2. The molecule has 2 fully saturated rings. The molecule has 16 heteroatoms. The molecule has 0 spiro atoms. The molecule has 7 rings (SSSR count). The SMILES string of the molecule is NC(=O)c1cnc2ccc(N3CCN(C(=O)CCCCCNC(=O)CNc4cccc5c4C(=O)N(C4CCC(=O)NC4=O)C5=O)CC3)cc2c1Nc1ccccc1. The van der Waals surface area contributed by atoms with Crippen LogP contribution >= 0.6 is 0 Å². The largest absolute Gasteiger partial charge is 0.375 e. The van der Waals surface area contributed by atoms with Crippen molar-refractivity contribution < 1.29 is 33.6 Å². The molecular weight excluding hydrogens is 731 g/mol. The minimum Gasteiger partial charge on any atom is -0.375 e. The molecule has 57 heavy (non-hydrogen) atoms. The third kappa shape index (κ3) is 8.39. The number of piperidine rings is 1. The Balaban J connectivity index is 0.832. The number of nitrogens with two attached hydrogens (primary N) is 1. The summed E-state index contributed by atoms with van der Waals surface area (Å²) in [5, 5.41) is 12.1. The van der Waals surface area contributed by atoms with Crippen LogP contribution in [-0.4, -0.2) is 101 Å². The second kappa shape index (κ2) is 16.9. The Hall–Kier alpha value is -6.84. The highest BCUT2D eigenvalue weighted by Crippen LogP contribution is 2.34. The van der Waals surface area contributed by atoms with Crippen LogP contribution in [0.5, 0.6) is 0 Å². The van der Waals surface area contributed by atoms with Gasteiger partial charge in [0.1, 0.15) is 6.04 Å². The number of hydrogen-bond acceptors (Lipinski definition) is 11. The van der Waals surface area contributed by atoms with E-state index in [-0.39, 0.29) is 42.3 Å². The van der Waals surface area contributed by atoms with Crippen molar-refractivity contribution in [1.82, 2.24) is 25.4 Å². The van der Waals surface area contributed by atoms with Crippen molar-refractivity contribution in [3.05, 3.63) is 89.6 Å². The number of amides is 7. The standard InChI is InChI=1S/C41H43N9O7/c42-38(54)29-23-44-30-14-13-26(22-28(30)37(29)46-25-8-3-1-4-9-25)48-18-20-49(21-19-48)35(53)12-5-2-6-17-43-34(52)24-45-31-11-7-10-27-36(31)41(57)50(40(27)56)32-15-16-33(51)47-39(32)55/h1,3-4,7-11,13-14,22-23,32,45H,2,5-6,12,15-21,24H2,(H2,42,54)(H,43,52)(H,44,46)(H,47,51,55). The van der Waals surface area contributed by atoms with Gasteiger partial charge in [-0.3, -0.25) is 48.8 Å². The number of aromatic nitrogens is 1. The second-order valence-corrected chi connectivity index (χ2v) is 14.2. The number of piperazine rings is 1. The summed E-state index contributed by atoms with van der Waals surface area (Å²) in [6.45, 7) is 2.72. The highest BCUT2D eigenvalue weighted by molar-refractivity contribution is 6.25. The molecule has 4 aromatic rings. The van der Waals surface area contributed by atoms with Crippen molar-refractivity contribution in [1.29, 1.82) is 0 Å². The van der Waals surface area contributed by atoms with E-state index in [0.717, 1.165) is 33.6 Å². The number of carbonyl (C=O) groups excluding carboxylic acids is 7. The molecule has 3 aliphatic heterocycles. The minimum atomic E-state index is -1.08. The number of unbranched alkanes of at least 4 members (excludes halogenated alkanes) is 2. The molecule has 1 unspecified atom stereocenters. The number of para-hydroxylation sites is 1. The summed E-state index contributed by atoms with van der Waals surface area (Å²) in [5.74, 6) is -3.21. The lowest BCUT2D eigenvalue weighted by Gasteiger charge is -2.36. The maximum Gasteiger partial charge on any atom is 0.264 e. The van der Waals surface area contributed by atoms with E-state index in [1.54, 1.807) is 12.1 Å². The van der Waals surface area contributed by atoms with E-state index in [0.29, 0.717) is 68.9 Å². The molecule has 3 aromatic carbocycles. The van der Waals surface area contributed by atoms with Crippen LogP contribution in [0.4, 0.5) is 22.7 Å². The molecule has 16 nitrogen and oxygen atoms in total. The van der Waals surface area contributed by atoms with Gasteiger partial charge in [0, 0.05) is 74.2 Å². The van der Waals surface area contributed by atoms with Crippen LogP contribution in [0.2, 0.25) is 0 Å². The first kappa shape index (κ1) is 38.4. The highest BCUT2D eigenvalue weighted by Gasteiger charge is 2.45. The van der Waals surface area contributed by atoms with Gasteiger partial charge in [0.15, 0.2) is 0 Å². The van der Waals surface area contributed by atoms with Gasteiger partial charge in [-0.05, 0) is 61.7 Å². The summed E-state index contributed by atoms with van der Waals surface area (Å²) < 4.78 is 0. The summed E-state index contributed by atoms with van der Waals surface area (Å²) in [6.07, 6.45) is 4.07. The number of rotatable bonds is 14. The van der Waals surface area contributed by atoms with E-state index in [1.165, 1.54) is 12.3 Å². The van der Waals surface area contributed by atoms with Crippen LogP contribution in [0.1, 0.15) is 69.6 Å². The topological polar surface area (TPSA) is 216 Å². The number of pyridine rings is 1. The summed E-state index contributed by atoms with van der Waals surface area (Å²) in [5.41, 5.74) is 9.61. The van der Waals surface area contributed by atoms with Crippen LogP contribution in [0.25, 0.3) is 10.9 Å². The lowest BCUT2D eigenvalue weighted by molar-refractivity contribution is -0.136. The van der Waals surface area contributed by atoms with Crippen LogP contribution in [0.3, 0.4) is 0 Å². The number of nitrogens with one attached hydrogen (secondary N) is 4. The van der Waals surface area contributed by atoms with E-state index in [9.17, 15) is 33.6 Å². The van der Waals surface area contributed by atoms with E-state index >= 15 is 0 Å². The molecule has 0 saturated carbocycles. The maximum absolute atomic E-state index is 13.3. The normalized spacial score (nSPS) is 16.7.